The van der Waals surface area contributed by atoms with Crippen LogP contribution in [0.5, 0.6) is 5.75 Å². The molecule has 0 saturated heterocycles. The van der Waals surface area contributed by atoms with Gasteiger partial charge in [0.25, 0.3) is 0 Å². The Morgan fingerprint density at radius 2 is 1.90 bits per heavy atom. The van der Waals surface area contributed by atoms with Crippen LogP contribution < -0.4 is 4.74 Å². The van der Waals surface area contributed by atoms with Gasteiger partial charge in [-0.3, -0.25) is 0 Å². The van der Waals surface area contributed by atoms with Crippen molar-refractivity contribution in [2.45, 2.75) is 45.3 Å². The molecule has 1 atom stereocenters. The zero-order chi connectivity index (χ0) is 14.4. The Bertz CT molecular complexity index is 488. The predicted molar refractivity (Wildman–Crippen MR) is 84.4 cm³/mol. The maximum absolute atomic E-state index is 10.2. The van der Waals surface area contributed by atoms with Gasteiger partial charge in [0.05, 0.1) is 12.2 Å². The Labute approximate surface area is 125 Å². The highest BCUT2D eigenvalue weighted by Crippen LogP contribution is 2.23. The van der Waals surface area contributed by atoms with Crippen molar-refractivity contribution < 1.29 is 9.84 Å². The highest BCUT2D eigenvalue weighted by Gasteiger charge is 2.08. The van der Waals surface area contributed by atoms with Crippen LogP contribution in [0.2, 0.25) is 0 Å². The molecule has 1 unspecified atom stereocenters. The topological polar surface area (TPSA) is 29.5 Å². The van der Waals surface area contributed by atoms with Gasteiger partial charge >= 0.3 is 0 Å². The molecule has 2 rings (SSSR count). The lowest BCUT2D eigenvalue weighted by Gasteiger charge is -2.13. The van der Waals surface area contributed by atoms with Gasteiger partial charge in [0.15, 0.2) is 0 Å². The Morgan fingerprint density at radius 3 is 2.50 bits per heavy atom. The minimum absolute atomic E-state index is 0.177. The Kier molecular flexibility index (Phi) is 5.62. The molecule has 0 aliphatic rings. The smallest absolute Gasteiger partial charge is 0.119 e. The standard InChI is InChI=1S/C17H22O2S/c1-13(2)19-15-10-8-14(9-11-15)17(18)7-3-5-16-6-4-12-20-16/h4,6,8-13,17-18H,3,5,7H2,1-2H3. The molecule has 0 fully saturated rings. The van der Waals surface area contributed by atoms with Gasteiger partial charge in [0.2, 0.25) is 0 Å². The molecule has 20 heavy (non-hydrogen) atoms. The second-order valence-corrected chi connectivity index (χ2v) is 6.26. The van der Waals surface area contributed by atoms with Crippen molar-refractivity contribution in [3.05, 3.63) is 52.2 Å². The van der Waals surface area contributed by atoms with E-state index >= 15 is 0 Å². The fraction of sp³-hybridized carbons (Fsp3) is 0.412. The molecule has 1 aromatic heterocycles. The molecular formula is C17H22O2S. The molecule has 2 aromatic rings. The number of hydrogen-bond donors (Lipinski definition) is 1. The molecule has 1 heterocycles. The van der Waals surface area contributed by atoms with E-state index in [4.69, 9.17) is 4.74 Å². The molecule has 2 nitrogen and oxygen atoms in total. The van der Waals surface area contributed by atoms with E-state index in [1.54, 1.807) is 11.3 Å². The summed E-state index contributed by atoms with van der Waals surface area (Å²) in [5.41, 5.74) is 0.965. The van der Waals surface area contributed by atoms with Gasteiger partial charge in [0, 0.05) is 4.88 Å². The predicted octanol–water partition coefficient (Wildman–Crippen LogP) is 4.59. The molecule has 108 valence electrons. The summed E-state index contributed by atoms with van der Waals surface area (Å²) in [5, 5.41) is 12.3. The minimum Gasteiger partial charge on any atom is -0.491 e. The lowest BCUT2D eigenvalue weighted by Crippen LogP contribution is -2.05. The maximum atomic E-state index is 10.2. The van der Waals surface area contributed by atoms with E-state index in [0.29, 0.717) is 0 Å². The molecule has 0 spiro atoms. The number of rotatable bonds is 7. The summed E-state index contributed by atoms with van der Waals surface area (Å²) in [6, 6.07) is 12.0. The number of thiophene rings is 1. The second kappa shape index (κ2) is 7.46. The molecule has 0 saturated carbocycles. The number of aliphatic hydroxyl groups is 1. The highest BCUT2D eigenvalue weighted by atomic mass is 32.1. The zero-order valence-corrected chi connectivity index (χ0v) is 12.9. The van der Waals surface area contributed by atoms with Gasteiger partial charge < -0.3 is 9.84 Å². The van der Waals surface area contributed by atoms with E-state index in [2.05, 4.69) is 17.5 Å². The van der Waals surface area contributed by atoms with Crippen LogP contribution in [-0.4, -0.2) is 11.2 Å². The fourth-order valence-corrected chi connectivity index (χ4v) is 2.88. The number of ether oxygens (including phenoxy) is 1. The summed E-state index contributed by atoms with van der Waals surface area (Å²) in [5.74, 6) is 0.856. The van der Waals surface area contributed by atoms with Crippen LogP contribution in [0, 0.1) is 0 Å². The molecule has 0 bridgehead atoms. The van der Waals surface area contributed by atoms with E-state index in [9.17, 15) is 5.11 Å². The van der Waals surface area contributed by atoms with Crippen molar-refractivity contribution in [1.82, 2.24) is 0 Å². The highest BCUT2D eigenvalue weighted by molar-refractivity contribution is 7.09. The number of aliphatic hydroxyl groups excluding tert-OH is 1. The molecule has 0 radical (unpaired) electrons. The normalized spacial score (nSPS) is 12.6. The Balaban J connectivity index is 1.81. The monoisotopic (exact) mass is 290 g/mol. The lowest BCUT2D eigenvalue weighted by atomic mass is 10.0. The minimum atomic E-state index is -0.386. The molecule has 0 amide bonds. The number of benzene rings is 1. The average molecular weight is 290 g/mol. The van der Waals surface area contributed by atoms with Crippen LogP contribution in [0.15, 0.2) is 41.8 Å². The van der Waals surface area contributed by atoms with Gasteiger partial charge in [-0.1, -0.05) is 18.2 Å². The second-order valence-electron chi connectivity index (χ2n) is 5.22. The van der Waals surface area contributed by atoms with Crippen LogP contribution in [-0.2, 0) is 6.42 Å². The number of hydrogen-bond acceptors (Lipinski definition) is 3. The van der Waals surface area contributed by atoms with E-state index < -0.39 is 0 Å². The third kappa shape index (κ3) is 4.66. The van der Waals surface area contributed by atoms with Crippen LogP contribution in [0.1, 0.15) is 43.2 Å². The lowest BCUT2D eigenvalue weighted by molar-refractivity contribution is 0.164. The Hall–Kier alpha value is -1.32. The average Bonchev–Trinajstić information content (AvgIpc) is 2.92. The summed E-state index contributed by atoms with van der Waals surface area (Å²) in [6.45, 7) is 4.01. The molecule has 0 aliphatic heterocycles. The first-order valence-electron chi connectivity index (χ1n) is 7.12. The van der Waals surface area contributed by atoms with E-state index in [1.165, 1.54) is 4.88 Å². The third-order valence-electron chi connectivity index (χ3n) is 3.12. The quantitative estimate of drug-likeness (QED) is 0.808. The van der Waals surface area contributed by atoms with Crippen molar-refractivity contribution >= 4 is 11.3 Å². The van der Waals surface area contributed by atoms with E-state index in [-0.39, 0.29) is 12.2 Å². The van der Waals surface area contributed by atoms with Gasteiger partial charge in [-0.05, 0) is 62.3 Å². The van der Waals surface area contributed by atoms with Crippen LogP contribution in [0.3, 0.4) is 0 Å². The summed E-state index contributed by atoms with van der Waals surface area (Å²) in [7, 11) is 0. The van der Waals surface area contributed by atoms with Crippen LogP contribution in [0.25, 0.3) is 0 Å². The molecular weight excluding hydrogens is 268 g/mol. The van der Waals surface area contributed by atoms with Gasteiger partial charge in [-0.2, -0.15) is 0 Å². The van der Waals surface area contributed by atoms with Gasteiger partial charge in [0.1, 0.15) is 5.75 Å². The zero-order valence-electron chi connectivity index (χ0n) is 12.1. The first-order chi connectivity index (χ1) is 9.65. The first-order valence-corrected chi connectivity index (χ1v) is 8.00. The summed E-state index contributed by atoms with van der Waals surface area (Å²) in [6.07, 6.45) is 2.64. The molecule has 3 heteroatoms. The van der Waals surface area contributed by atoms with E-state index in [0.717, 1.165) is 30.6 Å². The van der Waals surface area contributed by atoms with Crippen molar-refractivity contribution in [2.75, 3.05) is 0 Å². The van der Waals surface area contributed by atoms with Crippen molar-refractivity contribution in [3.8, 4) is 5.75 Å². The van der Waals surface area contributed by atoms with Gasteiger partial charge in [-0.25, -0.2) is 0 Å². The first kappa shape index (κ1) is 15.1. The SMILES string of the molecule is CC(C)Oc1ccc(C(O)CCCc2cccs2)cc1. The fourth-order valence-electron chi connectivity index (χ4n) is 2.13. The van der Waals surface area contributed by atoms with Crippen molar-refractivity contribution in [3.63, 3.8) is 0 Å². The van der Waals surface area contributed by atoms with Crippen molar-refractivity contribution in [2.24, 2.45) is 0 Å². The molecule has 0 aliphatic carbocycles. The number of aryl methyl sites for hydroxylation is 1. The van der Waals surface area contributed by atoms with Gasteiger partial charge in [-0.15, -0.1) is 11.3 Å². The Morgan fingerprint density at radius 1 is 1.15 bits per heavy atom. The maximum Gasteiger partial charge on any atom is 0.119 e. The van der Waals surface area contributed by atoms with Crippen LogP contribution in [0.4, 0.5) is 0 Å². The summed E-state index contributed by atoms with van der Waals surface area (Å²) < 4.78 is 5.60. The third-order valence-corrected chi connectivity index (χ3v) is 4.05. The van der Waals surface area contributed by atoms with Crippen LogP contribution >= 0.6 is 11.3 Å². The summed E-state index contributed by atoms with van der Waals surface area (Å²) in [4.78, 5) is 1.39. The van der Waals surface area contributed by atoms with E-state index in [1.807, 2.05) is 38.1 Å². The largest absolute Gasteiger partial charge is 0.491 e. The van der Waals surface area contributed by atoms with Crippen molar-refractivity contribution in [1.29, 1.82) is 0 Å². The molecule has 1 aromatic carbocycles. The summed E-state index contributed by atoms with van der Waals surface area (Å²) >= 11 is 1.78. The molecule has 1 N–H and O–H groups in total.